The Balaban J connectivity index is 2.41. The van der Waals surface area contributed by atoms with Gasteiger partial charge in [0.25, 0.3) is 5.91 Å². The lowest BCUT2D eigenvalue weighted by Crippen LogP contribution is -2.30. The lowest BCUT2D eigenvalue weighted by atomic mass is 10.1. The van der Waals surface area contributed by atoms with Gasteiger partial charge in [-0.25, -0.2) is 12.7 Å². The van der Waals surface area contributed by atoms with Gasteiger partial charge in [-0.05, 0) is 30.7 Å². The Kier molecular flexibility index (Phi) is 6.05. The Morgan fingerprint density at radius 3 is 2.19 bits per heavy atom. The smallest absolute Gasteiger partial charge is 0.254 e. The monoisotopic (exact) mass is 376 g/mol. The third-order valence-electron chi connectivity index (χ3n) is 4.35. The van der Waals surface area contributed by atoms with Gasteiger partial charge in [0.05, 0.1) is 13.2 Å². The molecule has 0 heterocycles. The van der Waals surface area contributed by atoms with Crippen molar-refractivity contribution in [1.82, 2.24) is 9.21 Å². The summed E-state index contributed by atoms with van der Waals surface area (Å²) in [7, 11) is 2.24. The average Bonchev–Trinajstić information content (AvgIpc) is 2.66. The third-order valence-corrected chi connectivity index (χ3v) is 6.19. The van der Waals surface area contributed by atoms with Crippen molar-refractivity contribution < 1.29 is 17.9 Å². The Bertz CT molecular complexity index is 880. The van der Waals surface area contributed by atoms with Crippen molar-refractivity contribution >= 4 is 15.9 Å². The fourth-order valence-electron chi connectivity index (χ4n) is 2.54. The summed E-state index contributed by atoms with van der Waals surface area (Å²) < 4.78 is 31.3. The summed E-state index contributed by atoms with van der Waals surface area (Å²) in [6.07, 6.45) is 0. The first-order valence-corrected chi connectivity index (χ1v) is 9.56. The molecule has 0 aliphatic heterocycles. The molecule has 140 valence electrons. The maximum Gasteiger partial charge on any atom is 0.254 e. The van der Waals surface area contributed by atoms with Gasteiger partial charge in [-0.3, -0.25) is 4.79 Å². The summed E-state index contributed by atoms with van der Waals surface area (Å²) in [5.74, 6) is -0.0618. The molecule has 6 nitrogen and oxygen atoms in total. The van der Waals surface area contributed by atoms with Crippen LogP contribution in [0.4, 0.5) is 0 Å². The maximum atomic E-state index is 12.9. The first-order chi connectivity index (χ1) is 12.2. The van der Waals surface area contributed by atoms with Gasteiger partial charge in [0.1, 0.15) is 10.6 Å². The molecule has 7 heteroatoms. The highest BCUT2D eigenvalue weighted by Crippen LogP contribution is 2.28. The van der Waals surface area contributed by atoms with Crippen molar-refractivity contribution in [2.75, 3.05) is 28.3 Å². The van der Waals surface area contributed by atoms with Gasteiger partial charge in [-0.15, -0.1) is 0 Å². The predicted octanol–water partition coefficient (Wildman–Crippen LogP) is 2.78. The second-order valence-electron chi connectivity index (χ2n) is 6.16. The SMILES string of the molecule is COc1ccc(C(=O)N(C)C(C)c2ccccc2)cc1S(=O)(=O)N(C)C. The summed E-state index contributed by atoms with van der Waals surface area (Å²) in [4.78, 5) is 14.4. The van der Waals surface area contributed by atoms with Crippen LogP contribution in [0.3, 0.4) is 0 Å². The number of hydrogen-bond acceptors (Lipinski definition) is 4. The molecule has 2 rings (SSSR count). The molecule has 2 aromatic rings. The third kappa shape index (κ3) is 3.89. The van der Waals surface area contributed by atoms with Crippen LogP contribution in [0.1, 0.15) is 28.9 Å². The molecule has 1 amide bonds. The standard InChI is InChI=1S/C19H24N2O4S/c1-14(15-9-7-6-8-10-15)21(4)19(22)16-11-12-17(25-5)18(13-16)26(23,24)20(2)3/h6-14H,1-5H3. The summed E-state index contributed by atoms with van der Waals surface area (Å²) in [6.45, 7) is 1.92. The lowest BCUT2D eigenvalue weighted by Gasteiger charge is -2.26. The zero-order valence-electron chi connectivity index (χ0n) is 15.6. The molecule has 0 fully saturated rings. The quantitative estimate of drug-likeness (QED) is 0.777. The molecule has 0 radical (unpaired) electrons. The van der Waals surface area contributed by atoms with Crippen LogP contribution in [0, 0.1) is 0 Å². The van der Waals surface area contributed by atoms with Crippen LogP contribution in [0.15, 0.2) is 53.4 Å². The van der Waals surface area contributed by atoms with Crippen LogP contribution in [-0.2, 0) is 10.0 Å². The molecule has 1 atom stereocenters. The number of methoxy groups -OCH3 is 1. The van der Waals surface area contributed by atoms with Crippen LogP contribution in [0.5, 0.6) is 5.75 Å². The van der Waals surface area contributed by atoms with E-state index in [4.69, 9.17) is 4.74 Å². The van der Waals surface area contributed by atoms with Crippen LogP contribution in [-0.4, -0.2) is 51.8 Å². The van der Waals surface area contributed by atoms with Crippen LogP contribution in [0.25, 0.3) is 0 Å². The molecule has 2 aromatic carbocycles. The van der Waals surface area contributed by atoms with Crippen molar-refractivity contribution in [2.45, 2.75) is 17.9 Å². The number of carbonyl (C=O) groups is 1. The number of hydrogen-bond donors (Lipinski definition) is 0. The van der Waals surface area contributed by atoms with Crippen LogP contribution in [0.2, 0.25) is 0 Å². The van der Waals surface area contributed by atoms with Gasteiger partial charge >= 0.3 is 0 Å². The second-order valence-corrected chi connectivity index (χ2v) is 8.28. The highest BCUT2D eigenvalue weighted by atomic mass is 32.2. The summed E-state index contributed by atoms with van der Waals surface area (Å²) >= 11 is 0. The predicted molar refractivity (Wildman–Crippen MR) is 101 cm³/mol. The minimum atomic E-state index is -3.74. The molecule has 0 spiro atoms. The Morgan fingerprint density at radius 1 is 1.04 bits per heavy atom. The molecule has 0 saturated heterocycles. The van der Waals surface area contributed by atoms with E-state index >= 15 is 0 Å². The van der Waals surface area contributed by atoms with Gasteiger partial charge in [-0.2, -0.15) is 0 Å². The topological polar surface area (TPSA) is 66.9 Å². The Morgan fingerprint density at radius 2 is 1.65 bits per heavy atom. The molecule has 0 bridgehead atoms. The largest absolute Gasteiger partial charge is 0.495 e. The fraction of sp³-hybridized carbons (Fsp3) is 0.316. The van der Waals surface area contributed by atoms with E-state index < -0.39 is 10.0 Å². The van der Waals surface area contributed by atoms with Crippen molar-refractivity contribution in [1.29, 1.82) is 0 Å². The first kappa shape index (κ1) is 19.9. The number of nitrogens with zero attached hydrogens (tertiary/aromatic N) is 2. The van der Waals surface area contributed by atoms with Gasteiger partial charge in [0.15, 0.2) is 0 Å². The summed E-state index contributed by atoms with van der Waals surface area (Å²) in [6, 6.07) is 13.9. The normalized spacial score (nSPS) is 12.7. The Hall–Kier alpha value is -2.38. The van der Waals surface area contributed by atoms with Crippen molar-refractivity contribution in [3.63, 3.8) is 0 Å². The average molecular weight is 376 g/mol. The molecule has 0 aliphatic carbocycles. The van der Waals surface area contributed by atoms with E-state index in [0.717, 1.165) is 9.87 Å². The number of amides is 1. The fourth-order valence-corrected chi connectivity index (χ4v) is 3.62. The van der Waals surface area contributed by atoms with Crippen molar-refractivity contribution in [3.05, 3.63) is 59.7 Å². The number of benzene rings is 2. The van der Waals surface area contributed by atoms with Crippen LogP contribution >= 0.6 is 0 Å². The van der Waals surface area contributed by atoms with Crippen molar-refractivity contribution in [3.8, 4) is 5.75 Å². The van der Waals surface area contributed by atoms with Gasteiger partial charge < -0.3 is 9.64 Å². The molecule has 0 saturated carbocycles. The zero-order valence-corrected chi connectivity index (χ0v) is 16.4. The Labute approximate surface area is 155 Å². The van der Waals surface area contributed by atoms with E-state index in [2.05, 4.69) is 0 Å². The molecule has 0 aromatic heterocycles. The first-order valence-electron chi connectivity index (χ1n) is 8.12. The van der Waals surface area contributed by atoms with E-state index in [-0.39, 0.29) is 28.2 Å². The number of ether oxygens (including phenoxy) is 1. The molecule has 0 aliphatic rings. The molecule has 0 N–H and O–H groups in total. The second kappa shape index (κ2) is 7.88. The minimum Gasteiger partial charge on any atom is -0.495 e. The lowest BCUT2D eigenvalue weighted by molar-refractivity contribution is 0.0742. The van der Waals surface area contributed by atoms with Gasteiger partial charge in [0.2, 0.25) is 10.0 Å². The molecule has 1 unspecified atom stereocenters. The summed E-state index contributed by atoms with van der Waals surface area (Å²) in [5, 5.41) is 0. The molecule has 26 heavy (non-hydrogen) atoms. The van der Waals surface area contributed by atoms with E-state index in [1.54, 1.807) is 18.0 Å². The van der Waals surface area contributed by atoms with E-state index in [1.807, 2.05) is 37.3 Å². The van der Waals surface area contributed by atoms with E-state index in [9.17, 15) is 13.2 Å². The number of sulfonamides is 1. The minimum absolute atomic E-state index is 0.0309. The summed E-state index contributed by atoms with van der Waals surface area (Å²) in [5.41, 5.74) is 1.29. The number of rotatable bonds is 6. The van der Waals surface area contributed by atoms with Crippen molar-refractivity contribution in [2.24, 2.45) is 0 Å². The van der Waals surface area contributed by atoms with Gasteiger partial charge in [0, 0.05) is 26.7 Å². The van der Waals surface area contributed by atoms with Gasteiger partial charge in [-0.1, -0.05) is 30.3 Å². The molecular formula is C19H24N2O4S. The number of carbonyl (C=O) groups excluding carboxylic acids is 1. The van der Waals surface area contributed by atoms with Crippen LogP contribution < -0.4 is 4.74 Å². The van der Waals surface area contributed by atoms with E-state index in [1.165, 1.54) is 33.3 Å². The molecular weight excluding hydrogens is 352 g/mol. The maximum absolute atomic E-state index is 12.9. The van der Waals surface area contributed by atoms with E-state index in [0.29, 0.717) is 0 Å². The highest BCUT2D eigenvalue weighted by Gasteiger charge is 2.26. The highest BCUT2D eigenvalue weighted by molar-refractivity contribution is 7.89. The zero-order chi connectivity index (χ0) is 19.5.